The Bertz CT molecular complexity index is 646. The van der Waals surface area contributed by atoms with Crippen LogP contribution >= 0.6 is 23.1 Å². The number of Topliss-reactive ketones (excluding diaryl/α,β-unsaturated/α-hetero) is 1. The molecule has 1 aliphatic heterocycles. The SMILES string of the molecule is CC(C)C(NC(=O)SCc1ccsc1)C(=O)NC1CCNC(=O)C1=O. The maximum absolute atomic E-state index is 12.5. The van der Waals surface area contributed by atoms with E-state index in [4.69, 9.17) is 0 Å². The van der Waals surface area contributed by atoms with E-state index < -0.39 is 29.7 Å². The fraction of sp³-hybridized carbons (Fsp3) is 0.500. The number of carbonyl (C=O) groups is 4. The summed E-state index contributed by atoms with van der Waals surface area (Å²) in [5.74, 6) is -1.41. The number of amides is 3. The van der Waals surface area contributed by atoms with Crippen LogP contribution in [0.5, 0.6) is 0 Å². The summed E-state index contributed by atoms with van der Waals surface area (Å²) in [4.78, 5) is 47.7. The van der Waals surface area contributed by atoms with E-state index in [2.05, 4.69) is 16.0 Å². The summed E-state index contributed by atoms with van der Waals surface area (Å²) in [7, 11) is 0. The number of thioether (sulfide) groups is 1. The van der Waals surface area contributed by atoms with Crippen LogP contribution in [0.1, 0.15) is 25.8 Å². The average Bonchev–Trinajstić information content (AvgIpc) is 3.08. The van der Waals surface area contributed by atoms with Gasteiger partial charge in [-0.15, -0.1) is 0 Å². The molecule has 1 fully saturated rings. The van der Waals surface area contributed by atoms with Gasteiger partial charge in [-0.25, -0.2) is 0 Å². The lowest BCUT2D eigenvalue weighted by molar-refractivity contribution is -0.142. The molecule has 1 aliphatic rings. The van der Waals surface area contributed by atoms with E-state index in [0.29, 0.717) is 18.7 Å². The van der Waals surface area contributed by atoms with Gasteiger partial charge in [0, 0.05) is 12.3 Å². The number of rotatable bonds is 6. The molecule has 9 heteroatoms. The lowest BCUT2D eigenvalue weighted by atomic mass is 10.0. The second-order valence-corrected chi connectivity index (χ2v) is 7.77. The minimum Gasteiger partial charge on any atom is -0.349 e. The summed E-state index contributed by atoms with van der Waals surface area (Å²) in [6.45, 7) is 3.96. The Balaban J connectivity index is 1.90. The van der Waals surface area contributed by atoms with Crippen LogP contribution in [-0.4, -0.2) is 41.5 Å². The van der Waals surface area contributed by atoms with Gasteiger partial charge in [0.15, 0.2) is 0 Å². The summed E-state index contributed by atoms with van der Waals surface area (Å²) in [6.07, 6.45) is 0.349. The molecule has 1 aromatic heterocycles. The molecule has 1 saturated heterocycles. The van der Waals surface area contributed by atoms with Crippen LogP contribution in [0, 0.1) is 5.92 Å². The lowest BCUT2D eigenvalue weighted by Crippen LogP contribution is -2.57. The number of hydrogen-bond donors (Lipinski definition) is 3. The van der Waals surface area contributed by atoms with Crippen LogP contribution in [0.3, 0.4) is 0 Å². The lowest BCUT2D eigenvalue weighted by Gasteiger charge is -2.26. The number of piperidine rings is 1. The zero-order valence-corrected chi connectivity index (χ0v) is 15.7. The van der Waals surface area contributed by atoms with Crippen molar-refractivity contribution in [3.8, 4) is 0 Å². The van der Waals surface area contributed by atoms with E-state index in [9.17, 15) is 19.2 Å². The smallest absolute Gasteiger partial charge is 0.289 e. The maximum Gasteiger partial charge on any atom is 0.289 e. The summed E-state index contributed by atoms with van der Waals surface area (Å²) in [5, 5.41) is 11.3. The molecule has 2 heterocycles. The quantitative estimate of drug-likeness (QED) is 0.642. The number of ketones is 1. The van der Waals surface area contributed by atoms with E-state index in [0.717, 1.165) is 17.3 Å². The monoisotopic (exact) mass is 383 g/mol. The molecule has 0 bridgehead atoms. The highest BCUT2D eigenvalue weighted by Gasteiger charge is 2.33. The molecule has 2 unspecified atom stereocenters. The van der Waals surface area contributed by atoms with Crippen molar-refractivity contribution in [3.05, 3.63) is 22.4 Å². The average molecular weight is 383 g/mol. The molecule has 0 aliphatic carbocycles. The van der Waals surface area contributed by atoms with Crippen molar-refractivity contribution in [2.24, 2.45) is 5.92 Å². The van der Waals surface area contributed by atoms with Crippen molar-refractivity contribution in [1.82, 2.24) is 16.0 Å². The van der Waals surface area contributed by atoms with Crippen molar-refractivity contribution in [1.29, 1.82) is 0 Å². The summed E-state index contributed by atoms with van der Waals surface area (Å²) >= 11 is 2.65. The van der Waals surface area contributed by atoms with Crippen LogP contribution in [0.2, 0.25) is 0 Å². The zero-order valence-electron chi connectivity index (χ0n) is 14.0. The molecule has 3 N–H and O–H groups in total. The second-order valence-electron chi connectivity index (χ2n) is 6.04. The third-order valence-electron chi connectivity index (χ3n) is 3.75. The minimum absolute atomic E-state index is 0.154. The highest BCUT2D eigenvalue weighted by atomic mass is 32.2. The number of hydrogen-bond acceptors (Lipinski definition) is 6. The highest BCUT2D eigenvalue weighted by molar-refractivity contribution is 8.12. The Morgan fingerprint density at radius 2 is 2.16 bits per heavy atom. The molecular formula is C16H21N3O4S2. The second kappa shape index (κ2) is 9.00. The molecule has 7 nitrogen and oxygen atoms in total. The van der Waals surface area contributed by atoms with Gasteiger partial charge in [0.05, 0.1) is 6.04 Å². The van der Waals surface area contributed by atoms with Crippen LogP contribution < -0.4 is 16.0 Å². The first-order valence-electron chi connectivity index (χ1n) is 7.95. The van der Waals surface area contributed by atoms with Gasteiger partial charge < -0.3 is 16.0 Å². The number of thiophene rings is 1. The van der Waals surface area contributed by atoms with Crippen molar-refractivity contribution < 1.29 is 19.2 Å². The van der Waals surface area contributed by atoms with Gasteiger partial charge in [0.2, 0.25) is 11.7 Å². The van der Waals surface area contributed by atoms with E-state index >= 15 is 0 Å². The molecule has 2 atom stereocenters. The van der Waals surface area contributed by atoms with Crippen molar-refractivity contribution in [2.75, 3.05) is 6.54 Å². The normalized spacial score (nSPS) is 18.6. The standard InChI is InChI=1S/C16H21N3O4S2/c1-9(2)12(19-16(23)25-8-10-4-6-24-7-10)14(21)18-11-3-5-17-15(22)13(11)20/h4,6-7,9,11-12H,3,5,8H2,1-2H3,(H,17,22)(H,18,21)(H,19,23). The summed E-state index contributed by atoms with van der Waals surface area (Å²) in [5.41, 5.74) is 1.05. The van der Waals surface area contributed by atoms with Crippen molar-refractivity contribution in [2.45, 2.75) is 38.1 Å². The summed E-state index contributed by atoms with van der Waals surface area (Å²) in [6, 6.07) is 0.343. The fourth-order valence-electron chi connectivity index (χ4n) is 2.33. The third-order valence-corrected chi connectivity index (χ3v) is 5.34. The van der Waals surface area contributed by atoms with Gasteiger partial charge in [-0.2, -0.15) is 11.3 Å². The molecule has 0 aromatic carbocycles. The molecule has 0 saturated carbocycles. The molecule has 0 spiro atoms. The largest absolute Gasteiger partial charge is 0.349 e. The van der Waals surface area contributed by atoms with Gasteiger partial charge >= 0.3 is 0 Å². The molecule has 25 heavy (non-hydrogen) atoms. The van der Waals surface area contributed by atoms with Crippen LogP contribution in [-0.2, 0) is 20.1 Å². The van der Waals surface area contributed by atoms with Crippen molar-refractivity contribution >= 4 is 45.9 Å². The molecule has 2 rings (SSSR count). The first-order valence-corrected chi connectivity index (χ1v) is 9.88. The van der Waals surface area contributed by atoms with Gasteiger partial charge in [-0.3, -0.25) is 19.2 Å². The molecule has 3 amide bonds. The van der Waals surface area contributed by atoms with Crippen molar-refractivity contribution in [3.63, 3.8) is 0 Å². The van der Waals surface area contributed by atoms with Crippen LogP contribution in [0.4, 0.5) is 4.79 Å². The van der Waals surface area contributed by atoms with Gasteiger partial charge in [0.1, 0.15) is 6.04 Å². The number of nitrogens with one attached hydrogen (secondary N) is 3. The Hall–Kier alpha value is -1.87. The van der Waals surface area contributed by atoms with Crippen LogP contribution in [0.15, 0.2) is 16.8 Å². The molecule has 0 radical (unpaired) electrons. The Kier molecular flexibility index (Phi) is 7.01. The van der Waals surface area contributed by atoms with E-state index in [1.54, 1.807) is 11.3 Å². The Labute approximate surface area is 154 Å². The first kappa shape index (κ1) is 19.5. The van der Waals surface area contributed by atoms with Gasteiger partial charge in [-0.1, -0.05) is 25.6 Å². The number of carbonyl (C=O) groups excluding carboxylic acids is 4. The van der Waals surface area contributed by atoms with Gasteiger partial charge in [0.25, 0.3) is 11.1 Å². The molecule has 1 aromatic rings. The van der Waals surface area contributed by atoms with E-state index in [1.165, 1.54) is 0 Å². The Morgan fingerprint density at radius 3 is 2.80 bits per heavy atom. The maximum atomic E-state index is 12.5. The molecular weight excluding hydrogens is 362 g/mol. The summed E-state index contributed by atoms with van der Waals surface area (Å²) < 4.78 is 0. The molecule has 136 valence electrons. The predicted octanol–water partition coefficient (Wildman–Crippen LogP) is 1.29. The highest BCUT2D eigenvalue weighted by Crippen LogP contribution is 2.16. The topological polar surface area (TPSA) is 104 Å². The Morgan fingerprint density at radius 1 is 1.40 bits per heavy atom. The van der Waals surface area contributed by atoms with E-state index in [1.807, 2.05) is 30.7 Å². The zero-order chi connectivity index (χ0) is 18.4. The third kappa shape index (κ3) is 5.57. The fourth-order valence-corrected chi connectivity index (χ4v) is 3.79. The predicted molar refractivity (Wildman–Crippen MR) is 97.3 cm³/mol. The first-order chi connectivity index (χ1) is 11.9. The van der Waals surface area contributed by atoms with E-state index in [-0.39, 0.29) is 11.2 Å². The van der Waals surface area contributed by atoms with Crippen LogP contribution in [0.25, 0.3) is 0 Å². The van der Waals surface area contributed by atoms with Gasteiger partial charge in [-0.05, 0) is 34.7 Å². The minimum atomic E-state index is -0.835.